The molecule has 1 aromatic rings. The molecule has 1 aromatic carbocycles. The average Bonchev–Trinajstić information content (AvgIpc) is 3.44. The Morgan fingerprint density at radius 1 is 1.10 bits per heavy atom. The van der Waals surface area contributed by atoms with Gasteiger partial charge in [-0.25, -0.2) is 0 Å². The third-order valence-corrected chi connectivity index (χ3v) is 7.13. The summed E-state index contributed by atoms with van der Waals surface area (Å²) < 4.78 is 11.2. The van der Waals surface area contributed by atoms with Gasteiger partial charge in [-0.05, 0) is 56.6 Å². The van der Waals surface area contributed by atoms with Gasteiger partial charge in [-0.15, -0.1) is 0 Å². The first kappa shape index (κ1) is 21.2. The summed E-state index contributed by atoms with van der Waals surface area (Å²) in [6.07, 6.45) is 4.27. The van der Waals surface area contributed by atoms with Gasteiger partial charge in [0.25, 0.3) is 0 Å². The summed E-state index contributed by atoms with van der Waals surface area (Å²) in [5.41, 5.74) is 1.20. The van der Waals surface area contributed by atoms with E-state index in [1.165, 1.54) is 0 Å². The largest absolute Gasteiger partial charge is 0.496 e. The highest BCUT2D eigenvalue weighted by atomic mass is 16.5. The molecule has 164 valence electrons. The summed E-state index contributed by atoms with van der Waals surface area (Å²) in [5, 5.41) is 0. The number of ether oxygens (including phenoxy) is 2. The van der Waals surface area contributed by atoms with E-state index in [4.69, 9.17) is 9.47 Å². The van der Waals surface area contributed by atoms with Crippen molar-refractivity contribution in [1.82, 2.24) is 9.80 Å². The molecule has 2 aliphatic heterocycles. The summed E-state index contributed by atoms with van der Waals surface area (Å²) in [4.78, 5) is 29.8. The molecule has 1 aliphatic carbocycles. The number of morpholine rings is 1. The van der Waals surface area contributed by atoms with Crippen molar-refractivity contribution < 1.29 is 19.1 Å². The number of carbonyl (C=O) groups excluding carboxylic acids is 2. The van der Waals surface area contributed by atoms with Crippen molar-refractivity contribution >= 4 is 11.8 Å². The Morgan fingerprint density at radius 3 is 2.43 bits per heavy atom. The number of likely N-dealkylation sites (tertiary alicyclic amines) is 1. The van der Waals surface area contributed by atoms with Crippen molar-refractivity contribution in [1.29, 1.82) is 0 Å². The van der Waals surface area contributed by atoms with E-state index in [-0.39, 0.29) is 29.4 Å². The molecular weight excluding hydrogens is 380 g/mol. The molecule has 3 atom stereocenters. The topological polar surface area (TPSA) is 59.1 Å². The van der Waals surface area contributed by atoms with Crippen LogP contribution in [0.25, 0.3) is 0 Å². The highest BCUT2D eigenvalue weighted by Gasteiger charge is 2.59. The van der Waals surface area contributed by atoms with E-state index in [9.17, 15) is 9.59 Å². The molecule has 1 unspecified atom stereocenters. The highest BCUT2D eigenvalue weighted by Crippen LogP contribution is 2.60. The lowest BCUT2D eigenvalue weighted by Gasteiger charge is -2.37. The monoisotopic (exact) mass is 414 g/mol. The number of para-hydroxylation sites is 1. The van der Waals surface area contributed by atoms with E-state index in [1.54, 1.807) is 7.11 Å². The number of methoxy groups -OCH3 is 1. The van der Waals surface area contributed by atoms with Gasteiger partial charge >= 0.3 is 0 Å². The zero-order valence-electron chi connectivity index (χ0n) is 18.4. The fourth-order valence-electron chi connectivity index (χ4n) is 5.34. The number of hydrogen-bond donors (Lipinski definition) is 0. The molecule has 2 saturated heterocycles. The number of rotatable bonds is 5. The van der Waals surface area contributed by atoms with Crippen molar-refractivity contribution in [3.63, 3.8) is 0 Å². The molecule has 3 aliphatic rings. The minimum Gasteiger partial charge on any atom is -0.496 e. The van der Waals surface area contributed by atoms with Crippen molar-refractivity contribution in [2.75, 3.05) is 33.3 Å². The van der Waals surface area contributed by atoms with Gasteiger partial charge in [0.15, 0.2) is 0 Å². The molecule has 6 heteroatoms. The molecule has 0 bridgehead atoms. The van der Waals surface area contributed by atoms with E-state index in [1.807, 2.05) is 47.9 Å². The fourth-order valence-corrected chi connectivity index (χ4v) is 5.34. The lowest BCUT2D eigenvalue weighted by molar-refractivity contribution is -0.145. The maximum atomic E-state index is 13.0. The minimum absolute atomic E-state index is 0.107. The SMILES string of the molecule is COc1ccccc1CCC(=O)N1CCC2(CC1)CC2C(=O)N1C[C@@H](C)O[C@@H](C)C1. The smallest absolute Gasteiger partial charge is 0.226 e. The highest BCUT2D eigenvalue weighted by molar-refractivity contribution is 5.83. The summed E-state index contributed by atoms with van der Waals surface area (Å²) >= 11 is 0. The Balaban J connectivity index is 1.26. The maximum Gasteiger partial charge on any atom is 0.226 e. The van der Waals surface area contributed by atoms with Gasteiger partial charge in [0.1, 0.15) is 5.75 Å². The van der Waals surface area contributed by atoms with E-state index in [2.05, 4.69) is 0 Å². The van der Waals surface area contributed by atoms with E-state index >= 15 is 0 Å². The normalized spacial score (nSPS) is 27.8. The van der Waals surface area contributed by atoms with Gasteiger partial charge in [0, 0.05) is 38.5 Å². The Morgan fingerprint density at radius 2 is 1.77 bits per heavy atom. The van der Waals surface area contributed by atoms with Crippen LogP contribution >= 0.6 is 0 Å². The van der Waals surface area contributed by atoms with Gasteiger partial charge in [-0.3, -0.25) is 9.59 Å². The van der Waals surface area contributed by atoms with Gasteiger partial charge in [0.2, 0.25) is 11.8 Å². The summed E-state index contributed by atoms with van der Waals surface area (Å²) in [6, 6.07) is 7.88. The predicted molar refractivity (Wildman–Crippen MR) is 114 cm³/mol. The molecule has 0 N–H and O–H groups in total. The van der Waals surface area contributed by atoms with Gasteiger partial charge in [-0.1, -0.05) is 18.2 Å². The zero-order valence-corrected chi connectivity index (χ0v) is 18.4. The van der Waals surface area contributed by atoms with Crippen LogP contribution in [0.1, 0.15) is 45.1 Å². The molecule has 4 rings (SSSR count). The summed E-state index contributed by atoms with van der Waals surface area (Å²) in [7, 11) is 1.66. The van der Waals surface area contributed by atoms with E-state index in [0.29, 0.717) is 31.8 Å². The summed E-state index contributed by atoms with van der Waals surface area (Å²) in [6.45, 7) is 7.00. The Labute approximate surface area is 179 Å². The maximum absolute atomic E-state index is 13.0. The van der Waals surface area contributed by atoms with E-state index in [0.717, 1.165) is 43.7 Å². The molecule has 30 heavy (non-hydrogen) atoms. The standard InChI is InChI=1S/C24H34N2O4/c1-17-15-26(16-18(2)30-17)23(28)20-14-24(20)10-12-25(13-11-24)22(27)9-8-19-6-4-5-7-21(19)29-3/h4-7,17-18,20H,8-16H2,1-3H3/t17-,18+,20?. The quantitative estimate of drug-likeness (QED) is 0.743. The number of nitrogens with zero attached hydrogens (tertiary/aromatic N) is 2. The molecule has 0 radical (unpaired) electrons. The van der Waals surface area contributed by atoms with Crippen molar-refractivity contribution in [2.24, 2.45) is 11.3 Å². The van der Waals surface area contributed by atoms with Crippen LogP contribution < -0.4 is 4.74 Å². The first-order valence-electron chi connectivity index (χ1n) is 11.3. The van der Waals surface area contributed by atoms with Gasteiger partial charge < -0.3 is 19.3 Å². The third kappa shape index (κ3) is 4.34. The lowest BCUT2D eigenvalue weighted by Crippen LogP contribution is -2.49. The second kappa shape index (κ2) is 8.58. The van der Waals surface area contributed by atoms with Crippen LogP contribution in [-0.4, -0.2) is 67.1 Å². The first-order valence-corrected chi connectivity index (χ1v) is 11.3. The minimum atomic E-state index is 0.107. The van der Waals surface area contributed by atoms with Gasteiger partial charge in [-0.2, -0.15) is 0 Å². The molecule has 3 fully saturated rings. The molecule has 1 spiro atoms. The average molecular weight is 415 g/mol. The Bertz CT molecular complexity index is 777. The first-order chi connectivity index (χ1) is 14.4. The van der Waals surface area contributed by atoms with Gasteiger partial charge in [0.05, 0.1) is 19.3 Å². The number of aryl methyl sites for hydroxylation is 1. The van der Waals surface area contributed by atoms with E-state index < -0.39 is 0 Å². The number of amides is 2. The van der Waals surface area contributed by atoms with Crippen LogP contribution in [0.15, 0.2) is 24.3 Å². The number of hydrogen-bond acceptors (Lipinski definition) is 4. The van der Waals surface area contributed by atoms with Crippen LogP contribution in [0.3, 0.4) is 0 Å². The second-order valence-corrected chi connectivity index (χ2v) is 9.31. The Kier molecular flexibility index (Phi) is 6.05. The molecular formula is C24H34N2O4. The Hall–Kier alpha value is -2.08. The molecule has 0 aromatic heterocycles. The lowest BCUT2D eigenvalue weighted by atomic mass is 9.90. The fraction of sp³-hybridized carbons (Fsp3) is 0.667. The second-order valence-electron chi connectivity index (χ2n) is 9.31. The van der Waals surface area contributed by atoms with Crippen molar-refractivity contribution in [3.8, 4) is 5.75 Å². The predicted octanol–water partition coefficient (Wildman–Crippen LogP) is 2.89. The third-order valence-electron chi connectivity index (χ3n) is 7.13. The summed E-state index contributed by atoms with van der Waals surface area (Å²) in [5.74, 6) is 1.48. The van der Waals surface area contributed by atoms with Crippen LogP contribution in [-0.2, 0) is 20.7 Å². The number of benzene rings is 1. The molecule has 2 heterocycles. The zero-order chi connectivity index (χ0) is 21.3. The van der Waals surface area contributed by atoms with Crippen LogP contribution in [0.4, 0.5) is 0 Å². The van der Waals surface area contributed by atoms with Crippen LogP contribution in [0, 0.1) is 11.3 Å². The van der Waals surface area contributed by atoms with Crippen LogP contribution in [0.5, 0.6) is 5.75 Å². The number of piperidine rings is 1. The van der Waals surface area contributed by atoms with Crippen LogP contribution in [0.2, 0.25) is 0 Å². The number of carbonyl (C=O) groups is 2. The van der Waals surface area contributed by atoms with Crippen molar-refractivity contribution in [3.05, 3.63) is 29.8 Å². The molecule has 2 amide bonds. The van der Waals surface area contributed by atoms with Crippen molar-refractivity contribution in [2.45, 2.75) is 58.2 Å². The molecule has 6 nitrogen and oxygen atoms in total. The molecule has 1 saturated carbocycles.